The number of ether oxygens (including phenoxy) is 1. The first-order chi connectivity index (χ1) is 14.8. The van der Waals surface area contributed by atoms with Gasteiger partial charge in [0.15, 0.2) is 0 Å². The lowest BCUT2D eigenvalue weighted by molar-refractivity contribution is -0.137. The molecule has 0 aliphatic rings. The Balaban J connectivity index is 1.59. The number of aromatic nitrogens is 5. The molecule has 4 aromatic rings. The van der Waals surface area contributed by atoms with Gasteiger partial charge in [-0.1, -0.05) is 29.8 Å². The van der Waals surface area contributed by atoms with Crippen molar-refractivity contribution in [2.45, 2.75) is 16.4 Å². The van der Waals surface area contributed by atoms with Gasteiger partial charge in [-0.15, -0.1) is 5.10 Å². The summed E-state index contributed by atoms with van der Waals surface area (Å²) in [7, 11) is 1.60. The van der Waals surface area contributed by atoms with Crippen molar-refractivity contribution >= 4 is 41.3 Å². The molecule has 0 bridgehead atoms. The number of fused-ring (bicyclic) bond motifs is 1. The fourth-order valence-electron chi connectivity index (χ4n) is 2.60. The molecule has 0 spiro atoms. The van der Waals surface area contributed by atoms with Crippen LogP contribution in [0.25, 0.3) is 17.9 Å². The zero-order valence-corrected chi connectivity index (χ0v) is 17.4. The van der Waals surface area contributed by atoms with Crippen LogP contribution in [0.1, 0.15) is 16.8 Å². The molecule has 0 aliphatic heterocycles. The highest BCUT2D eigenvalue weighted by Gasteiger charge is 2.31. The number of hydrogen-bond donors (Lipinski definition) is 0. The smallest absolute Gasteiger partial charge is 0.417 e. The third kappa shape index (κ3) is 4.80. The van der Waals surface area contributed by atoms with Crippen LogP contribution in [0.2, 0.25) is 5.02 Å². The minimum absolute atomic E-state index is 0.133. The fourth-order valence-corrected chi connectivity index (χ4v) is 3.57. The lowest BCUT2D eigenvalue weighted by Gasteiger charge is -2.07. The first kappa shape index (κ1) is 21.1. The molecule has 0 radical (unpaired) electrons. The van der Waals surface area contributed by atoms with Crippen molar-refractivity contribution in [2.75, 3.05) is 7.11 Å². The first-order valence-electron chi connectivity index (χ1n) is 8.78. The van der Waals surface area contributed by atoms with E-state index < -0.39 is 11.7 Å². The second-order valence-electron chi connectivity index (χ2n) is 6.19. The van der Waals surface area contributed by atoms with E-state index in [2.05, 4.69) is 20.1 Å². The van der Waals surface area contributed by atoms with E-state index in [0.717, 1.165) is 35.3 Å². The van der Waals surface area contributed by atoms with Gasteiger partial charge < -0.3 is 4.74 Å². The summed E-state index contributed by atoms with van der Waals surface area (Å²) in [5, 5.41) is 4.66. The average Bonchev–Trinajstić information content (AvgIpc) is 3.16. The quantitative estimate of drug-likeness (QED) is 0.388. The van der Waals surface area contributed by atoms with Gasteiger partial charge in [-0.3, -0.25) is 0 Å². The number of alkyl halides is 3. The molecule has 0 saturated heterocycles. The van der Waals surface area contributed by atoms with Crippen LogP contribution < -0.4 is 4.74 Å². The predicted molar refractivity (Wildman–Crippen MR) is 111 cm³/mol. The van der Waals surface area contributed by atoms with Crippen LogP contribution in [-0.2, 0) is 6.18 Å². The van der Waals surface area contributed by atoms with Crippen LogP contribution in [-0.4, -0.2) is 31.7 Å². The Bertz CT molecular complexity index is 1260. The molecule has 3 heterocycles. The Morgan fingerprint density at radius 1 is 1.10 bits per heavy atom. The van der Waals surface area contributed by atoms with E-state index in [9.17, 15) is 13.2 Å². The van der Waals surface area contributed by atoms with E-state index in [1.807, 2.05) is 36.4 Å². The van der Waals surface area contributed by atoms with Gasteiger partial charge in [0.05, 0.1) is 23.4 Å². The highest BCUT2D eigenvalue weighted by molar-refractivity contribution is 7.99. The maximum Gasteiger partial charge on any atom is 0.417 e. The zero-order valence-electron chi connectivity index (χ0n) is 15.8. The number of nitrogens with zero attached hydrogens (tertiary/aromatic N) is 5. The number of benzene rings is 1. The summed E-state index contributed by atoms with van der Waals surface area (Å²) in [5.41, 5.74) is 0.755. The summed E-state index contributed by atoms with van der Waals surface area (Å²) in [6.45, 7) is 0. The summed E-state index contributed by atoms with van der Waals surface area (Å²) in [4.78, 5) is 12.3. The van der Waals surface area contributed by atoms with Crippen LogP contribution in [0.4, 0.5) is 13.2 Å². The SMILES string of the molecule is COc1ccc(/C=C/c2ccnc3nc(Sc4ncc(C(F)(F)F)cc4Cl)nn23)cc1. The topological polar surface area (TPSA) is 65.2 Å². The lowest BCUT2D eigenvalue weighted by Crippen LogP contribution is -2.05. The molecule has 1 aromatic carbocycles. The maximum atomic E-state index is 12.8. The van der Waals surface area contributed by atoms with Gasteiger partial charge in [0, 0.05) is 12.4 Å². The molecule has 0 saturated carbocycles. The van der Waals surface area contributed by atoms with E-state index in [4.69, 9.17) is 16.3 Å². The van der Waals surface area contributed by atoms with Gasteiger partial charge in [0.25, 0.3) is 5.78 Å². The van der Waals surface area contributed by atoms with Gasteiger partial charge in [-0.2, -0.15) is 22.7 Å². The largest absolute Gasteiger partial charge is 0.497 e. The van der Waals surface area contributed by atoms with E-state index in [-0.39, 0.29) is 15.2 Å². The maximum absolute atomic E-state index is 12.8. The molecular weight excluding hydrogens is 451 g/mol. The summed E-state index contributed by atoms with van der Waals surface area (Å²) < 4.78 is 45.0. The van der Waals surface area contributed by atoms with Crippen molar-refractivity contribution in [3.05, 3.63) is 70.6 Å². The van der Waals surface area contributed by atoms with Crippen LogP contribution in [0.5, 0.6) is 5.75 Å². The monoisotopic (exact) mass is 463 g/mol. The van der Waals surface area contributed by atoms with E-state index in [1.54, 1.807) is 19.4 Å². The minimum Gasteiger partial charge on any atom is -0.497 e. The second kappa shape index (κ2) is 8.56. The fraction of sp³-hybridized carbons (Fsp3) is 0.100. The zero-order chi connectivity index (χ0) is 22.0. The van der Waals surface area contributed by atoms with E-state index in [0.29, 0.717) is 11.5 Å². The van der Waals surface area contributed by atoms with Crippen LogP contribution in [0.15, 0.2) is 59.0 Å². The average molecular weight is 464 g/mol. The molecule has 0 unspecified atom stereocenters. The molecule has 158 valence electrons. The Kier molecular flexibility index (Phi) is 5.84. The van der Waals surface area contributed by atoms with Crippen molar-refractivity contribution in [3.63, 3.8) is 0 Å². The Morgan fingerprint density at radius 2 is 1.87 bits per heavy atom. The predicted octanol–water partition coefficient (Wildman–Crippen LogP) is 5.52. The highest BCUT2D eigenvalue weighted by Crippen LogP contribution is 2.35. The highest BCUT2D eigenvalue weighted by atomic mass is 35.5. The van der Waals surface area contributed by atoms with Gasteiger partial charge in [-0.25, -0.2) is 9.97 Å². The van der Waals surface area contributed by atoms with Crippen LogP contribution in [0, 0.1) is 0 Å². The van der Waals surface area contributed by atoms with Crippen molar-refractivity contribution < 1.29 is 17.9 Å². The molecule has 0 N–H and O–H groups in total. The third-order valence-corrected chi connectivity index (χ3v) is 5.41. The normalized spacial score (nSPS) is 12.0. The first-order valence-corrected chi connectivity index (χ1v) is 9.97. The molecule has 3 aromatic heterocycles. The Morgan fingerprint density at radius 3 is 2.55 bits per heavy atom. The number of pyridine rings is 1. The number of halogens is 4. The van der Waals surface area contributed by atoms with Gasteiger partial charge in [0.1, 0.15) is 10.8 Å². The lowest BCUT2D eigenvalue weighted by atomic mass is 10.2. The van der Waals surface area contributed by atoms with Gasteiger partial charge in [-0.05, 0) is 47.7 Å². The Hall–Kier alpha value is -3.11. The van der Waals surface area contributed by atoms with Crippen molar-refractivity contribution in [1.82, 2.24) is 24.6 Å². The summed E-state index contributed by atoms with van der Waals surface area (Å²) in [6, 6.07) is 10.1. The minimum atomic E-state index is -4.52. The summed E-state index contributed by atoms with van der Waals surface area (Å²) in [6.07, 6.45) is 1.55. The second-order valence-corrected chi connectivity index (χ2v) is 7.56. The van der Waals surface area contributed by atoms with Crippen LogP contribution >= 0.6 is 23.4 Å². The molecule has 0 amide bonds. The molecule has 0 aliphatic carbocycles. The molecule has 6 nitrogen and oxygen atoms in total. The van der Waals surface area contributed by atoms with Crippen LogP contribution in [0.3, 0.4) is 0 Å². The molecule has 4 rings (SSSR count). The molecule has 0 fully saturated rings. The van der Waals surface area contributed by atoms with Crippen molar-refractivity contribution in [1.29, 1.82) is 0 Å². The number of methoxy groups -OCH3 is 1. The molecule has 31 heavy (non-hydrogen) atoms. The Labute approximate surface area is 183 Å². The molecule has 11 heteroatoms. The third-order valence-electron chi connectivity index (χ3n) is 4.14. The van der Waals surface area contributed by atoms with E-state index >= 15 is 0 Å². The molecular formula is C20H13ClF3N5OS. The van der Waals surface area contributed by atoms with Crippen molar-refractivity contribution in [2.24, 2.45) is 0 Å². The molecule has 0 atom stereocenters. The van der Waals surface area contributed by atoms with Crippen molar-refractivity contribution in [3.8, 4) is 5.75 Å². The number of rotatable bonds is 5. The summed E-state index contributed by atoms with van der Waals surface area (Å²) >= 11 is 6.93. The summed E-state index contributed by atoms with van der Waals surface area (Å²) in [5.74, 6) is 1.10. The standard InChI is InChI=1S/C20H13ClF3N5OS/c1-30-15-6-3-12(4-7-15)2-5-14-8-9-25-18-27-19(28-29(14)18)31-17-16(21)10-13(11-26-17)20(22,23)24/h2-11H,1H3/b5-2+. The van der Waals surface area contributed by atoms with Gasteiger partial charge in [0.2, 0.25) is 5.16 Å². The van der Waals surface area contributed by atoms with E-state index in [1.165, 1.54) is 4.52 Å². The number of hydrogen-bond acceptors (Lipinski definition) is 6. The van der Waals surface area contributed by atoms with Gasteiger partial charge >= 0.3 is 6.18 Å².